The van der Waals surface area contributed by atoms with Gasteiger partial charge in [-0.3, -0.25) is 0 Å². The maximum Gasteiger partial charge on any atom is 0.321 e. The average molecular weight is 326 g/mol. The SMILES string of the molecule is O=C(Nc1ccc(COc2ccccc2)cc1)N1CCC(CO)C1. The molecule has 1 heterocycles. The molecule has 1 aliphatic rings. The lowest BCUT2D eigenvalue weighted by Gasteiger charge is -2.17. The number of nitrogens with one attached hydrogen (secondary N) is 1. The summed E-state index contributed by atoms with van der Waals surface area (Å²) in [6.45, 7) is 1.94. The first kappa shape index (κ1) is 16.3. The zero-order valence-electron chi connectivity index (χ0n) is 13.5. The van der Waals surface area contributed by atoms with Crippen LogP contribution in [0.5, 0.6) is 5.75 Å². The molecule has 126 valence electrons. The van der Waals surface area contributed by atoms with Crippen LogP contribution in [0.2, 0.25) is 0 Å². The second-order valence-corrected chi connectivity index (χ2v) is 6.01. The van der Waals surface area contributed by atoms with Crippen LogP contribution in [0.4, 0.5) is 10.5 Å². The van der Waals surface area contributed by atoms with Crippen molar-refractivity contribution < 1.29 is 14.6 Å². The van der Waals surface area contributed by atoms with Gasteiger partial charge in [-0.2, -0.15) is 0 Å². The minimum absolute atomic E-state index is 0.112. The van der Waals surface area contributed by atoms with Crippen molar-refractivity contribution in [3.05, 3.63) is 60.2 Å². The molecule has 1 atom stereocenters. The minimum atomic E-state index is -0.112. The molecule has 0 spiro atoms. The van der Waals surface area contributed by atoms with Gasteiger partial charge in [0.25, 0.3) is 0 Å². The van der Waals surface area contributed by atoms with E-state index in [-0.39, 0.29) is 18.6 Å². The van der Waals surface area contributed by atoms with Gasteiger partial charge < -0.3 is 20.1 Å². The predicted molar refractivity (Wildman–Crippen MR) is 93.0 cm³/mol. The van der Waals surface area contributed by atoms with Gasteiger partial charge in [0, 0.05) is 31.3 Å². The molecule has 0 radical (unpaired) electrons. The normalized spacial score (nSPS) is 16.9. The fraction of sp³-hybridized carbons (Fsp3) is 0.316. The Morgan fingerprint density at radius 2 is 1.92 bits per heavy atom. The van der Waals surface area contributed by atoms with E-state index < -0.39 is 0 Å². The van der Waals surface area contributed by atoms with E-state index in [2.05, 4.69) is 5.32 Å². The summed E-state index contributed by atoms with van der Waals surface area (Å²) in [5.74, 6) is 1.04. The second-order valence-electron chi connectivity index (χ2n) is 6.01. The number of carbonyl (C=O) groups excluding carboxylic acids is 1. The third-order valence-electron chi connectivity index (χ3n) is 4.19. The van der Waals surface area contributed by atoms with Crippen molar-refractivity contribution in [3.8, 4) is 5.75 Å². The number of amides is 2. The monoisotopic (exact) mass is 326 g/mol. The number of hydrogen-bond acceptors (Lipinski definition) is 3. The van der Waals surface area contributed by atoms with Crippen molar-refractivity contribution in [2.75, 3.05) is 25.0 Å². The Morgan fingerprint density at radius 3 is 2.58 bits per heavy atom. The van der Waals surface area contributed by atoms with E-state index in [9.17, 15) is 4.79 Å². The molecule has 3 rings (SSSR count). The lowest BCUT2D eigenvalue weighted by molar-refractivity contribution is 0.209. The van der Waals surface area contributed by atoms with Gasteiger partial charge in [0.1, 0.15) is 12.4 Å². The van der Waals surface area contributed by atoms with E-state index in [1.165, 1.54) is 0 Å². The van der Waals surface area contributed by atoms with Crippen molar-refractivity contribution in [2.45, 2.75) is 13.0 Å². The first-order valence-corrected chi connectivity index (χ1v) is 8.18. The number of benzene rings is 2. The van der Waals surface area contributed by atoms with E-state index in [0.717, 1.165) is 23.4 Å². The van der Waals surface area contributed by atoms with Crippen LogP contribution in [-0.2, 0) is 6.61 Å². The Morgan fingerprint density at radius 1 is 1.17 bits per heavy atom. The van der Waals surface area contributed by atoms with Crippen LogP contribution in [0.15, 0.2) is 54.6 Å². The van der Waals surface area contributed by atoms with Gasteiger partial charge in [-0.15, -0.1) is 0 Å². The van der Waals surface area contributed by atoms with Gasteiger partial charge in [-0.25, -0.2) is 4.79 Å². The average Bonchev–Trinajstić information content (AvgIpc) is 3.11. The Kier molecular flexibility index (Phi) is 5.33. The highest BCUT2D eigenvalue weighted by Gasteiger charge is 2.25. The molecule has 1 aliphatic heterocycles. The Balaban J connectivity index is 1.50. The standard InChI is InChI=1S/C19H22N2O3/c22-13-16-10-11-21(12-16)19(23)20-17-8-6-15(7-9-17)14-24-18-4-2-1-3-5-18/h1-9,16,22H,10-14H2,(H,20,23). The zero-order valence-corrected chi connectivity index (χ0v) is 13.5. The predicted octanol–water partition coefficient (Wildman–Crippen LogP) is 3.11. The molecule has 2 N–H and O–H groups in total. The van der Waals surface area contributed by atoms with E-state index in [4.69, 9.17) is 9.84 Å². The number of aliphatic hydroxyl groups is 1. The number of para-hydroxylation sites is 1. The van der Waals surface area contributed by atoms with Crippen LogP contribution in [0.3, 0.4) is 0 Å². The van der Waals surface area contributed by atoms with E-state index in [0.29, 0.717) is 19.7 Å². The van der Waals surface area contributed by atoms with Crippen LogP contribution in [-0.4, -0.2) is 35.7 Å². The molecule has 5 nitrogen and oxygen atoms in total. The Labute approximate surface area is 141 Å². The highest BCUT2D eigenvalue weighted by atomic mass is 16.5. The number of hydrogen-bond donors (Lipinski definition) is 2. The van der Waals surface area contributed by atoms with Crippen molar-refractivity contribution in [1.29, 1.82) is 0 Å². The topological polar surface area (TPSA) is 61.8 Å². The number of aliphatic hydroxyl groups excluding tert-OH is 1. The molecular weight excluding hydrogens is 304 g/mol. The highest BCUT2D eigenvalue weighted by molar-refractivity contribution is 5.89. The quantitative estimate of drug-likeness (QED) is 0.887. The van der Waals surface area contributed by atoms with Gasteiger partial charge >= 0.3 is 6.03 Å². The van der Waals surface area contributed by atoms with Gasteiger partial charge in [0.05, 0.1) is 0 Å². The number of urea groups is 1. The molecule has 0 bridgehead atoms. The number of carbonyl (C=O) groups is 1. The molecule has 0 aromatic heterocycles. The van der Waals surface area contributed by atoms with Crippen LogP contribution in [0.25, 0.3) is 0 Å². The van der Waals surface area contributed by atoms with Gasteiger partial charge in [-0.1, -0.05) is 30.3 Å². The van der Waals surface area contributed by atoms with Gasteiger partial charge in [0.2, 0.25) is 0 Å². The number of nitrogens with zero attached hydrogens (tertiary/aromatic N) is 1. The van der Waals surface area contributed by atoms with Gasteiger partial charge in [0.15, 0.2) is 0 Å². The number of anilines is 1. The summed E-state index contributed by atoms with van der Waals surface area (Å²) in [6.07, 6.45) is 0.861. The first-order chi connectivity index (χ1) is 11.7. The number of ether oxygens (including phenoxy) is 1. The van der Waals surface area contributed by atoms with Crippen LogP contribution < -0.4 is 10.1 Å². The Hall–Kier alpha value is -2.53. The minimum Gasteiger partial charge on any atom is -0.489 e. The van der Waals surface area contributed by atoms with E-state index >= 15 is 0 Å². The molecule has 1 fully saturated rings. The van der Waals surface area contributed by atoms with Crippen molar-refractivity contribution in [1.82, 2.24) is 4.90 Å². The Bertz CT molecular complexity index is 658. The van der Waals surface area contributed by atoms with Gasteiger partial charge in [-0.05, 0) is 36.2 Å². The third kappa shape index (κ3) is 4.26. The number of rotatable bonds is 5. The van der Waals surface area contributed by atoms with Crippen LogP contribution >= 0.6 is 0 Å². The largest absolute Gasteiger partial charge is 0.489 e. The van der Waals surface area contributed by atoms with Crippen LogP contribution in [0, 0.1) is 5.92 Å². The summed E-state index contributed by atoms with van der Waals surface area (Å²) in [7, 11) is 0. The molecule has 2 amide bonds. The summed E-state index contributed by atoms with van der Waals surface area (Å²) in [4.78, 5) is 13.9. The molecule has 0 saturated carbocycles. The summed E-state index contributed by atoms with van der Waals surface area (Å²) >= 11 is 0. The molecule has 1 unspecified atom stereocenters. The van der Waals surface area contributed by atoms with Crippen molar-refractivity contribution in [3.63, 3.8) is 0 Å². The fourth-order valence-corrected chi connectivity index (χ4v) is 2.74. The molecule has 0 aliphatic carbocycles. The maximum atomic E-state index is 12.2. The second kappa shape index (κ2) is 7.84. The zero-order chi connectivity index (χ0) is 16.8. The molecule has 1 saturated heterocycles. The lowest BCUT2D eigenvalue weighted by atomic mass is 10.1. The molecule has 2 aromatic rings. The third-order valence-corrected chi connectivity index (χ3v) is 4.19. The molecule has 5 heteroatoms. The summed E-state index contributed by atoms with van der Waals surface area (Å²) < 4.78 is 5.70. The summed E-state index contributed by atoms with van der Waals surface area (Å²) in [5, 5.41) is 12.0. The lowest BCUT2D eigenvalue weighted by Crippen LogP contribution is -2.33. The first-order valence-electron chi connectivity index (χ1n) is 8.18. The molecule has 2 aromatic carbocycles. The van der Waals surface area contributed by atoms with E-state index in [1.54, 1.807) is 4.90 Å². The smallest absolute Gasteiger partial charge is 0.321 e. The molecule has 24 heavy (non-hydrogen) atoms. The molecular formula is C19H22N2O3. The highest BCUT2D eigenvalue weighted by Crippen LogP contribution is 2.18. The fourth-order valence-electron chi connectivity index (χ4n) is 2.74. The maximum absolute atomic E-state index is 12.2. The van der Waals surface area contributed by atoms with Crippen molar-refractivity contribution >= 4 is 11.7 Å². The summed E-state index contributed by atoms with van der Waals surface area (Å²) in [5.41, 5.74) is 1.80. The summed E-state index contributed by atoms with van der Waals surface area (Å²) in [6, 6.07) is 17.2. The van der Waals surface area contributed by atoms with E-state index in [1.807, 2.05) is 54.6 Å². The van der Waals surface area contributed by atoms with Crippen molar-refractivity contribution in [2.24, 2.45) is 5.92 Å². The number of likely N-dealkylation sites (tertiary alicyclic amines) is 1. The van der Waals surface area contributed by atoms with Crippen LogP contribution in [0.1, 0.15) is 12.0 Å².